The molecule has 2 fully saturated rings. The predicted octanol–water partition coefficient (Wildman–Crippen LogP) is 2.68. The molecule has 0 unspecified atom stereocenters. The van der Waals surface area contributed by atoms with Crippen LogP contribution in [0.25, 0.3) is 0 Å². The number of amides is 2. The van der Waals surface area contributed by atoms with Crippen LogP contribution in [0.1, 0.15) is 44.9 Å². The zero-order valence-corrected chi connectivity index (χ0v) is 21.0. The standard InChI is InChI=1S/C29H32N2O7/c32-20-15-16-21(33)26(20)31-25(36)13-6-1-2-9-17-29(37)23(18-22(34)27-28(29)38-27)30-24(35)14-8-7-12-19-10-4-3-5-11-19/h1-2,6-9,12-14,17-19,27-28,32,37H,3-5,10-11,15-16H2,(H,30,35)(H,31,36)/b2-1+,12-7+,13-6+,14-8+,17-9+/t27-,28-,29+/m0/s1. The Labute approximate surface area is 221 Å². The van der Waals surface area contributed by atoms with E-state index < -0.39 is 29.6 Å². The molecule has 0 aromatic heterocycles. The maximum Gasteiger partial charge on any atom is 0.248 e. The summed E-state index contributed by atoms with van der Waals surface area (Å²) in [7, 11) is 0. The van der Waals surface area contributed by atoms with Gasteiger partial charge in [0.25, 0.3) is 0 Å². The van der Waals surface area contributed by atoms with Gasteiger partial charge in [-0.15, -0.1) is 0 Å². The van der Waals surface area contributed by atoms with Gasteiger partial charge in [0.2, 0.25) is 11.8 Å². The van der Waals surface area contributed by atoms with Crippen molar-refractivity contribution in [3.63, 3.8) is 0 Å². The summed E-state index contributed by atoms with van der Waals surface area (Å²) in [5.41, 5.74) is -1.76. The molecular formula is C29H32N2O7. The van der Waals surface area contributed by atoms with Gasteiger partial charge in [-0.25, -0.2) is 0 Å². The Morgan fingerprint density at radius 1 is 0.921 bits per heavy atom. The first-order chi connectivity index (χ1) is 18.3. The monoisotopic (exact) mass is 520 g/mol. The molecular weight excluding hydrogens is 488 g/mol. The lowest BCUT2D eigenvalue weighted by molar-refractivity contribution is -0.119. The molecule has 3 atom stereocenters. The Morgan fingerprint density at radius 2 is 1.61 bits per heavy atom. The molecule has 0 spiro atoms. The first-order valence-corrected chi connectivity index (χ1v) is 12.9. The van der Waals surface area contributed by atoms with Crippen LogP contribution in [0.2, 0.25) is 0 Å². The summed E-state index contributed by atoms with van der Waals surface area (Å²) in [6.07, 6.45) is 21.6. The fraction of sp³-hybridized carbons (Fsp3) is 0.379. The lowest BCUT2D eigenvalue weighted by atomic mass is 9.86. The van der Waals surface area contributed by atoms with E-state index in [0.29, 0.717) is 5.92 Å². The van der Waals surface area contributed by atoms with Gasteiger partial charge in [-0.2, -0.15) is 0 Å². The van der Waals surface area contributed by atoms with E-state index in [1.54, 1.807) is 12.2 Å². The van der Waals surface area contributed by atoms with Crippen molar-refractivity contribution >= 4 is 23.4 Å². The lowest BCUT2D eigenvalue weighted by Crippen LogP contribution is -2.47. The van der Waals surface area contributed by atoms with Gasteiger partial charge in [-0.3, -0.25) is 19.2 Å². The van der Waals surface area contributed by atoms with E-state index in [1.165, 1.54) is 61.8 Å². The number of fused-ring (bicyclic) bond motifs is 1. The van der Waals surface area contributed by atoms with Crippen molar-refractivity contribution in [2.75, 3.05) is 0 Å². The van der Waals surface area contributed by atoms with Gasteiger partial charge in [0.05, 0.1) is 5.70 Å². The van der Waals surface area contributed by atoms with E-state index in [2.05, 4.69) is 16.7 Å². The second-order valence-corrected chi connectivity index (χ2v) is 9.73. The third-order valence-electron chi connectivity index (χ3n) is 6.91. The number of aliphatic hydroxyl groups is 2. The molecule has 0 bridgehead atoms. The Hall–Kier alpha value is -3.82. The van der Waals surface area contributed by atoms with Crippen molar-refractivity contribution in [2.45, 2.75) is 62.8 Å². The van der Waals surface area contributed by atoms with Crippen molar-refractivity contribution in [1.29, 1.82) is 0 Å². The third kappa shape index (κ3) is 6.73. The van der Waals surface area contributed by atoms with Crippen molar-refractivity contribution in [2.24, 2.45) is 5.92 Å². The smallest absolute Gasteiger partial charge is 0.248 e. The van der Waals surface area contributed by atoms with Crippen LogP contribution < -0.4 is 10.6 Å². The molecule has 0 aromatic rings. The molecule has 1 saturated carbocycles. The molecule has 200 valence electrons. The molecule has 0 aromatic carbocycles. The Kier molecular flexibility index (Phi) is 8.70. The number of allylic oxidation sites excluding steroid dienone is 9. The van der Waals surface area contributed by atoms with Gasteiger partial charge in [0, 0.05) is 31.1 Å². The molecule has 3 aliphatic carbocycles. The average molecular weight is 521 g/mol. The van der Waals surface area contributed by atoms with Crippen LogP contribution in [0.3, 0.4) is 0 Å². The van der Waals surface area contributed by atoms with Gasteiger partial charge in [-0.1, -0.05) is 61.8 Å². The summed E-state index contributed by atoms with van der Waals surface area (Å²) in [5.74, 6) is -1.27. The molecule has 1 saturated heterocycles. The van der Waals surface area contributed by atoms with E-state index in [1.807, 2.05) is 6.08 Å². The highest BCUT2D eigenvalue weighted by Crippen LogP contribution is 2.42. The number of rotatable bonds is 9. The predicted molar refractivity (Wildman–Crippen MR) is 139 cm³/mol. The quantitative estimate of drug-likeness (QED) is 0.208. The molecule has 0 radical (unpaired) electrons. The normalized spacial score (nSPS) is 28.3. The minimum absolute atomic E-state index is 0.0287. The zero-order valence-electron chi connectivity index (χ0n) is 21.0. The summed E-state index contributed by atoms with van der Waals surface area (Å²) in [4.78, 5) is 48.2. The number of aliphatic hydroxyl groups excluding tert-OH is 1. The van der Waals surface area contributed by atoms with Gasteiger partial charge in [0.15, 0.2) is 23.3 Å². The summed E-state index contributed by atoms with van der Waals surface area (Å²) < 4.78 is 5.35. The number of epoxide rings is 1. The highest BCUT2D eigenvalue weighted by atomic mass is 16.6. The molecule has 4 N–H and O–H groups in total. The topological polar surface area (TPSA) is 145 Å². The van der Waals surface area contributed by atoms with E-state index in [-0.39, 0.29) is 41.6 Å². The minimum atomic E-state index is -1.71. The fourth-order valence-electron chi connectivity index (χ4n) is 4.77. The first-order valence-electron chi connectivity index (χ1n) is 12.9. The van der Waals surface area contributed by atoms with Gasteiger partial charge < -0.3 is 25.6 Å². The largest absolute Gasteiger partial charge is 0.510 e. The Bertz CT molecular complexity index is 1200. The Morgan fingerprint density at radius 3 is 2.32 bits per heavy atom. The Balaban J connectivity index is 1.32. The van der Waals surface area contributed by atoms with E-state index in [9.17, 15) is 29.4 Å². The van der Waals surface area contributed by atoms with Crippen molar-refractivity contribution in [3.8, 4) is 0 Å². The van der Waals surface area contributed by atoms with Crippen molar-refractivity contribution < 1.29 is 34.1 Å². The highest BCUT2D eigenvalue weighted by molar-refractivity contribution is 6.03. The molecule has 4 rings (SSSR count). The van der Waals surface area contributed by atoms with Crippen LogP contribution in [0.5, 0.6) is 0 Å². The van der Waals surface area contributed by atoms with Crippen molar-refractivity contribution in [1.82, 2.24) is 10.6 Å². The second kappa shape index (κ2) is 12.1. The molecule has 1 heterocycles. The van der Waals surface area contributed by atoms with Crippen LogP contribution in [0.15, 0.2) is 84.0 Å². The summed E-state index contributed by atoms with van der Waals surface area (Å²) in [6.45, 7) is 0. The number of hydrogen-bond acceptors (Lipinski definition) is 7. The number of carbonyl (C=O) groups excluding carboxylic acids is 4. The van der Waals surface area contributed by atoms with Gasteiger partial charge in [0.1, 0.15) is 17.6 Å². The number of nitrogens with one attached hydrogen (secondary N) is 2. The summed E-state index contributed by atoms with van der Waals surface area (Å²) in [6, 6.07) is 0. The van der Waals surface area contributed by atoms with Crippen LogP contribution >= 0.6 is 0 Å². The van der Waals surface area contributed by atoms with Crippen LogP contribution in [0, 0.1) is 5.92 Å². The molecule has 9 nitrogen and oxygen atoms in total. The number of ether oxygens (including phenoxy) is 1. The first kappa shape index (κ1) is 27.2. The second-order valence-electron chi connectivity index (χ2n) is 9.73. The van der Waals surface area contributed by atoms with Gasteiger partial charge >= 0.3 is 0 Å². The van der Waals surface area contributed by atoms with E-state index in [4.69, 9.17) is 4.74 Å². The third-order valence-corrected chi connectivity index (χ3v) is 6.91. The fourth-order valence-corrected chi connectivity index (χ4v) is 4.77. The van der Waals surface area contributed by atoms with Gasteiger partial charge in [-0.05, 0) is 24.8 Å². The number of carbonyl (C=O) groups is 4. The minimum Gasteiger partial charge on any atom is -0.510 e. The molecule has 1 aliphatic heterocycles. The number of hydrogen-bond donors (Lipinski definition) is 4. The molecule has 4 aliphatic rings. The molecule has 38 heavy (non-hydrogen) atoms. The number of ketones is 2. The SMILES string of the molecule is O=C(/C=C/C=C/C1CCCCC1)NC1=CC(=O)[C@@H]2O[C@@H]2[C@@]1(O)/C=C/C=C/C=C/C(=O)NC1=C(O)CCC1=O. The van der Waals surface area contributed by atoms with Crippen LogP contribution in [-0.4, -0.2) is 51.4 Å². The maximum absolute atomic E-state index is 12.5. The lowest BCUT2D eigenvalue weighted by Gasteiger charge is -2.28. The van der Waals surface area contributed by atoms with Crippen LogP contribution in [-0.2, 0) is 23.9 Å². The molecule has 9 heteroatoms. The average Bonchev–Trinajstić information content (AvgIpc) is 3.67. The highest BCUT2D eigenvalue weighted by Gasteiger charge is 2.61. The summed E-state index contributed by atoms with van der Waals surface area (Å²) in [5, 5.41) is 25.8. The van der Waals surface area contributed by atoms with E-state index >= 15 is 0 Å². The van der Waals surface area contributed by atoms with Crippen LogP contribution in [0.4, 0.5) is 0 Å². The number of Topliss-reactive ketones (excluding diaryl/α,β-unsaturated/α-hetero) is 1. The molecule has 2 amide bonds. The maximum atomic E-state index is 12.5. The van der Waals surface area contributed by atoms with Crippen molar-refractivity contribution in [3.05, 3.63) is 84.0 Å². The van der Waals surface area contributed by atoms with E-state index in [0.717, 1.165) is 12.8 Å². The summed E-state index contributed by atoms with van der Waals surface area (Å²) >= 11 is 0. The zero-order chi connectivity index (χ0) is 27.1.